The molecule has 1 atom stereocenters. The maximum atomic E-state index is 14.4. The summed E-state index contributed by atoms with van der Waals surface area (Å²) >= 11 is 0. The summed E-state index contributed by atoms with van der Waals surface area (Å²) in [5.41, 5.74) is -5.16. The average Bonchev–Trinajstić information content (AvgIpc) is 2.89. The summed E-state index contributed by atoms with van der Waals surface area (Å²) in [5, 5.41) is 2.39. The van der Waals surface area contributed by atoms with Crippen LogP contribution in [0.25, 0.3) is 0 Å². The predicted octanol–water partition coefficient (Wildman–Crippen LogP) is 1.92. The molecule has 2 N–H and O–H groups in total. The van der Waals surface area contributed by atoms with Gasteiger partial charge in [-0.2, -0.15) is 17.9 Å². The van der Waals surface area contributed by atoms with Gasteiger partial charge in [0.15, 0.2) is 0 Å². The minimum Gasteiger partial charge on any atom is -0.466 e. The minimum absolute atomic E-state index is 0.171. The Morgan fingerprint density at radius 2 is 1.75 bits per heavy atom. The van der Waals surface area contributed by atoms with Gasteiger partial charge in [-0.15, -0.1) is 0 Å². The highest BCUT2D eigenvalue weighted by Gasteiger charge is 2.71. The lowest BCUT2D eigenvalue weighted by atomic mass is 9.91. The Morgan fingerprint density at radius 3 is 2.19 bits per heavy atom. The van der Waals surface area contributed by atoms with E-state index in [2.05, 4.69) is 10.1 Å². The van der Waals surface area contributed by atoms with Gasteiger partial charge in [-0.3, -0.25) is 9.59 Å². The van der Waals surface area contributed by atoms with Crippen LogP contribution in [-0.2, 0) is 29.1 Å². The van der Waals surface area contributed by atoms with Crippen molar-refractivity contribution in [1.82, 2.24) is 9.62 Å². The fraction of sp³-hybridized carbons (Fsp3) is 0.421. The van der Waals surface area contributed by atoms with Crippen LogP contribution >= 0.6 is 0 Å². The number of esters is 1. The number of carbonyl (C=O) groups is 3. The molecule has 176 valence electrons. The Labute approximate surface area is 182 Å². The molecule has 0 aromatic heterocycles. The monoisotopic (exact) mass is 477 g/mol. The van der Waals surface area contributed by atoms with Crippen LogP contribution in [-0.4, -0.2) is 56.5 Å². The second-order valence-electron chi connectivity index (χ2n) is 6.97. The van der Waals surface area contributed by atoms with Gasteiger partial charge < -0.3 is 15.0 Å². The van der Waals surface area contributed by atoms with Crippen LogP contribution in [0.15, 0.2) is 40.4 Å². The second-order valence-corrected chi connectivity index (χ2v) is 8.65. The van der Waals surface area contributed by atoms with Crippen molar-refractivity contribution >= 4 is 33.5 Å². The van der Waals surface area contributed by atoms with Crippen LogP contribution < -0.4 is 10.0 Å². The maximum absolute atomic E-state index is 14.4. The van der Waals surface area contributed by atoms with E-state index in [-0.39, 0.29) is 24.4 Å². The zero-order valence-corrected chi connectivity index (χ0v) is 18.5. The molecule has 1 aromatic rings. The van der Waals surface area contributed by atoms with Gasteiger partial charge in [0.25, 0.3) is 5.91 Å². The number of allylic oxidation sites excluding steroid dienone is 1. The van der Waals surface area contributed by atoms with E-state index >= 15 is 0 Å². The van der Waals surface area contributed by atoms with E-state index in [9.17, 15) is 36.0 Å². The lowest BCUT2D eigenvalue weighted by molar-refractivity contribution is -0.190. The first-order valence-electron chi connectivity index (χ1n) is 9.33. The first-order valence-corrected chi connectivity index (χ1v) is 10.8. The molecule has 13 heteroatoms. The fourth-order valence-electron chi connectivity index (χ4n) is 3.36. The highest BCUT2D eigenvalue weighted by atomic mass is 32.2. The van der Waals surface area contributed by atoms with Crippen molar-refractivity contribution < 1.29 is 40.7 Å². The number of hydrogen-bond donors (Lipinski definition) is 2. The zero-order valence-electron chi connectivity index (χ0n) is 17.7. The number of halogens is 3. The zero-order chi connectivity index (χ0) is 24.5. The van der Waals surface area contributed by atoms with Crippen LogP contribution in [0.4, 0.5) is 18.9 Å². The smallest absolute Gasteiger partial charge is 0.421 e. The molecular formula is C19H22F3N3O6S. The summed E-state index contributed by atoms with van der Waals surface area (Å²) in [6.07, 6.45) is -5.26. The fourth-order valence-corrected chi connectivity index (χ4v) is 4.68. The molecule has 1 heterocycles. The van der Waals surface area contributed by atoms with Gasteiger partial charge in [0.1, 0.15) is 0 Å². The summed E-state index contributed by atoms with van der Waals surface area (Å²) in [6, 6.07) is 4.24. The summed E-state index contributed by atoms with van der Waals surface area (Å²) in [5.74, 6) is -3.58. The number of benzene rings is 1. The van der Waals surface area contributed by atoms with E-state index < -0.39 is 50.0 Å². The van der Waals surface area contributed by atoms with Gasteiger partial charge in [-0.1, -0.05) is 6.92 Å². The Bertz CT molecular complexity index is 1070. The first kappa shape index (κ1) is 25.3. The highest BCUT2D eigenvalue weighted by Crippen LogP contribution is 2.46. The van der Waals surface area contributed by atoms with Gasteiger partial charge in [0, 0.05) is 24.9 Å². The number of amides is 2. The van der Waals surface area contributed by atoms with Gasteiger partial charge in [-0.05, 0) is 37.6 Å². The van der Waals surface area contributed by atoms with Crippen LogP contribution in [0.5, 0.6) is 0 Å². The summed E-state index contributed by atoms with van der Waals surface area (Å²) in [7, 11) is -4.15. The number of nitrogens with zero attached hydrogens (tertiary/aromatic N) is 1. The maximum Gasteiger partial charge on any atom is 0.421 e. The van der Waals surface area contributed by atoms with Crippen molar-refractivity contribution in [1.29, 1.82) is 0 Å². The van der Waals surface area contributed by atoms with Crippen molar-refractivity contribution in [2.24, 2.45) is 0 Å². The Hall–Kier alpha value is -2.93. The van der Waals surface area contributed by atoms with E-state index in [4.69, 9.17) is 0 Å². The predicted molar refractivity (Wildman–Crippen MR) is 107 cm³/mol. The molecule has 1 aromatic carbocycles. The molecule has 32 heavy (non-hydrogen) atoms. The Balaban J connectivity index is 2.66. The lowest BCUT2D eigenvalue weighted by Gasteiger charge is -2.32. The standard InChI is InChI=1S/C19H22F3N3O6S/c1-5-10-25-11(2)15(16(27)31-4)18(17(25)28,19(20,21)22)24-32(29,30)14-8-6-13(7-9-14)23-12(3)26/h6-9,24H,5,10H2,1-4H3,(H,23,26)/t18-/m1/s1. The van der Waals surface area contributed by atoms with E-state index in [0.29, 0.717) is 4.90 Å². The SMILES string of the molecule is CCCN1C(=O)[C@@](NS(=O)(=O)c2ccc(NC(C)=O)cc2)(C(F)(F)F)C(C(=O)OC)=C1C. The van der Waals surface area contributed by atoms with E-state index in [0.717, 1.165) is 26.2 Å². The van der Waals surface area contributed by atoms with Gasteiger partial charge >= 0.3 is 12.1 Å². The van der Waals surface area contributed by atoms with Crippen molar-refractivity contribution in [3.8, 4) is 0 Å². The topological polar surface area (TPSA) is 122 Å². The first-order chi connectivity index (χ1) is 14.7. The molecule has 9 nitrogen and oxygen atoms in total. The second kappa shape index (κ2) is 8.90. The molecule has 2 rings (SSSR count). The largest absolute Gasteiger partial charge is 0.466 e. The lowest BCUT2D eigenvalue weighted by Crippen LogP contribution is -2.66. The molecule has 1 aliphatic heterocycles. The van der Waals surface area contributed by atoms with Crippen molar-refractivity contribution in [3.05, 3.63) is 35.5 Å². The van der Waals surface area contributed by atoms with Crippen molar-refractivity contribution in [2.45, 2.75) is 43.8 Å². The van der Waals surface area contributed by atoms with Crippen LogP contribution in [0.2, 0.25) is 0 Å². The molecule has 1 aliphatic rings. The number of alkyl halides is 3. The van der Waals surface area contributed by atoms with E-state index in [1.54, 1.807) is 6.92 Å². The average molecular weight is 477 g/mol. The molecule has 0 fully saturated rings. The molecule has 2 amide bonds. The Kier molecular flexibility index (Phi) is 7.05. The normalized spacial score (nSPS) is 19.3. The molecule has 0 bridgehead atoms. The van der Waals surface area contributed by atoms with E-state index in [1.807, 2.05) is 0 Å². The summed E-state index contributed by atoms with van der Waals surface area (Å²) in [6.45, 7) is 3.77. The number of sulfonamides is 1. The number of rotatable bonds is 7. The summed E-state index contributed by atoms with van der Waals surface area (Å²) in [4.78, 5) is 36.5. The number of carbonyl (C=O) groups excluding carboxylic acids is 3. The number of hydrogen-bond acceptors (Lipinski definition) is 6. The Morgan fingerprint density at radius 1 is 1.19 bits per heavy atom. The molecule has 0 unspecified atom stereocenters. The number of anilines is 1. The third-order valence-corrected chi connectivity index (χ3v) is 6.21. The number of ether oxygens (including phenoxy) is 1. The van der Waals surface area contributed by atoms with Crippen molar-refractivity contribution in [3.63, 3.8) is 0 Å². The molecule has 0 saturated carbocycles. The van der Waals surface area contributed by atoms with Gasteiger partial charge in [0.2, 0.25) is 21.5 Å². The molecule has 0 spiro atoms. The van der Waals surface area contributed by atoms with Crippen molar-refractivity contribution in [2.75, 3.05) is 19.0 Å². The van der Waals surface area contributed by atoms with Crippen LogP contribution in [0, 0.1) is 0 Å². The molecule has 0 saturated heterocycles. The third kappa shape index (κ3) is 4.35. The summed E-state index contributed by atoms with van der Waals surface area (Å²) < 4.78 is 74.9. The molecule has 0 aliphatic carbocycles. The van der Waals surface area contributed by atoms with Crippen LogP contribution in [0.1, 0.15) is 27.2 Å². The van der Waals surface area contributed by atoms with Gasteiger partial charge in [-0.25, -0.2) is 13.2 Å². The van der Waals surface area contributed by atoms with E-state index in [1.165, 1.54) is 23.8 Å². The van der Waals surface area contributed by atoms with Gasteiger partial charge in [0.05, 0.1) is 17.6 Å². The minimum atomic E-state index is -5.51. The van der Waals surface area contributed by atoms with Crippen LogP contribution in [0.3, 0.4) is 0 Å². The third-order valence-electron chi connectivity index (χ3n) is 4.74. The quantitative estimate of drug-likeness (QED) is 0.579. The molecular weight excluding hydrogens is 455 g/mol. The number of nitrogens with one attached hydrogen (secondary N) is 2. The number of methoxy groups -OCH3 is 1. The molecule has 0 radical (unpaired) electrons. The highest BCUT2D eigenvalue weighted by molar-refractivity contribution is 7.89.